The number of benzene rings is 1. The van der Waals surface area contributed by atoms with Crippen molar-refractivity contribution in [3.63, 3.8) is 0 Å². The minimum absolute atomic E-state index is 0.328. The molecule has 0 fully saturated rings. The Bertz CT molecular complexity index is 363. The van der Waals surface area contributed by atoms with Gasteiger partial charge in [0.05, 0.1) is 0 Å². The smallest absolute Gasteiger partial charge is 0.122 e. The normalized spacial score (nSPS) is 11.1. The predicted molar refractivity (Wildman–Crippen MR) is 67.1 cm³/mol. The Kier molecular flexibility index (Phi) is 3.84. The quantitative estimate of drug-likeness (QED) is 0.767. The number of aromatic hydroxyl groups is 2. The predicted octanol–water partition coefficient (Wildman–Crippen LogP) is 3.61. The lowest BCUT2D eigenvalue weighted by atomic mass is 9.93. The van der Waals surface area contributed by atoms with Crippen LogP contribution in [0.1, 0.15) is 42.5 Å². The molecule has 2 N–H and O–H groups in total. The first-order chi connectivity index (χ1) is 7.36. The van der Waals surface area contributed by atoms with Crippen molar-refractivity contribution in [3.8, 4) is 11.5 Å². The molecule has 0 saturated heterocycles. The second kappa shape index (κ2) is 4.77. The topological polar surface area (TPSA) is 40.5 Å². The molecule has 2 nitrogen and oxygen atoms in total. The SMILES string of the molecule is Cc1c(C)c(O)c(CCC(C)C)c(C)c1O. The van der Waals surface area contributed by atoms with Gasteiger partial charge in [0.2, 0.25) is 0 Å². The van der Waals surface area contributed by atoms with Gasteiger partial charge in [-0.25, -0.2) is 0 Å². The van der Waals surface area contributed by atoms with Gasteiger partial charge in [-0.15, -0.1) is 0 Å². The van der Waals surface area contributed by atoms with E-state index in [0.29, 0.717) is 17.4 Å². The number of hydrogen-bond acceptors (Lipinski definition) is 2. The van der Waals surface area contributed by atoms with E-state index in [-0.39, 0.29) is 0 Å². The molecule has 1 aromatic rings. The van der Waals surface area contributed by atoms with Crippen LogP contribution in [-0.4, -0.2) is 10.2 Å². The second-order valence-corrected chi connectivity index (χ2v) is 4.98. The molecule has 0 aromatic heterocycles. The molecule has 0 aliphatic carbocycles. The summed E-state index contributed by atoms with van der Waals surface area (Å²) in [5, 5.41) is 20.0. The lowest BCUT2D eigenvalue weighted by Crippen LogP contribution is -1.99. The van der Waals surface area contributed by atoms with Crippen LogP contribution in [0.5, 0.6) is 11.5 Å². The van der Waals surface area contributed by atoms with E-state index in [0.717, 1.165) is 35.1 Å². The highest BCUT2D eigenvalue weighted by Crippen LogP contribution is 2.37. The molecule has 90 valence electrons. The highest BCUT2D eigenvalue weighted by atomic mass is 16.3. The van der Waals surface area contributed by atoms with E-state index in [2.05, 4.69) is 13.8 Å². The molecule has 1 rings (SSSR count). The van der Waals surface area contributed by atoms with Crippen LogP contribution in [-0.2, 0) is 6.42 Å². The van der Waals surface area contributed by atoms with E-state index in [1.807, 2.05) is 20.8 Å². The van der Waals surface area contributed by atoms with Gasteiger partial charge in [-0.3, -0.25) is 0 Å². The standard InChI is InChI=1S/C14H22O2/c1-8(2)6-7-12-11(5)13(15)9(3)10(4)14(12)16/h8,15-16H,6-7H2,1-5H3. The van der Waals surface area contributed by atoms with Crippen molar-refractivity contribution in [2.75, 3.05) is 0 Å². The zero-order valence-electron chi connectivity index (χ0n) is 10.9. The molecule has 0 heterocycles. The van der Waals surface area contributed by atoms with E-state index in [1.54, 1.807) is 0 Å². The molecule has 0 spiro atoms. The van der Waals surface area contributed by atoms with Crippen molar-refractivity contribution in [1.29, 1.82) is 0 Å². The summed E-state index contributed by atoms with van der Waals surface area (Å²) in [7, 11) is 0. The average molecular weight is 222 g/mol. The van der Waals surface area contributed by atoms with Crippen LogP contribution in [0.3, 0.4) is 0 Å². The zero-order chi connectivity index (χ0) is 12.5. The van der Waals surface area contributed by atoms with Crippen LogP contribution in [0.25, 0.3) is 0 Å². The van der Waals surface area contributed by atoms with Crippen LogP contribution in [0.2, 0.25) is 0 Å². The third kappa shape index (κ3) is 2.31. The highest BCUT2D eigenvalue weighted by molar-refractivity contribution is 5.56. The molecule has 1 aromatic carbocycles. The van der Waals surface area contributed by atoms with Crippen molar-refractivity contribution in [3.05, 3.63) is 22.3 Å². The van der Waals surface area contributed by atoms with Crippen molar-refractivity contribution >= 4 is 0 Å². The minimum atomic E-state index is 0.328. The van der Waals surface area contributed by atoms with Gasteiger partial charge in [0.15, 0.2) is 0 Å². The Balaban J connectivity index is 3.18. The van der Waals surface area contributed by atoms with Gasteiger partial charge < -0.3 is 10.2 Å². The van der Waals surface area contributed by atoms with Crippen molar-refractivity contribution in [2.45, 2.75) is 47.5 Å². The first kappa shape index (κ1) is 12.9. The molecule has 0 amide bonds. The minimum Gasteiger partial charge on any atom is -0.507 e. The molecule has 0 saturated carbocycles. The summed E-state index contributed by atoms with van der Waals surface area (Å²) in [6, 6.07) is 0. The maximum absolute atomic E-state index is 10.1. The van der Waals surface area contributed by atoms with Gasteiger partial charge in [-0.2, -0.15) is 0 Å². The molecule has 0 aliphatic heterocycles. The molecule has 16 heavy (non-hydrogen) atoms. The molecule has 0 bridgehead atoms. The Morgan fingerprint density at radius 1 is 0.875 bits per heavy atom. The van der Waals surface area contributed by atoms with Gasteiger partial charge in [0.1, 0.15) is 11.5 Å². The van der Waals surface area contributed by atoms with E-state index < -0.39 is 0 Å². The average Bonchev–Trinajstić information content (AvgIpc) is 2.23. The lowest BCUT2D eigenvalue weighted by molar-refractivity contribution is 0.440. The van der Waals surface area contributed by atoms with Crippen LogP contribution < -0.4 is 0 Å². The fourth-order valence-electron chi connectivity index (χ4n) is 1.92. The molecule has 0 unspecified atom stereocenters. The summed E-state index contributed by atoms with van der Waals surface area (Å²) in [5.74, 6) is 1.28. The van der Waals surface area contributed by atoms with E-state index in [4.69, 9.17) is 0 Å². The lowest BCUT2D eigenvalue weighted by Gasteiger charge is -2.16. The summed E-state index contributed by atoms with van der Waals surface area (Å²) < 4.78 is 0. The van der Waals surface area contributed by atoms with Gasteiger partial charge in [0.25, 0.3) is 0 Å². The monoisotopic (exact) mass is 222 g/mol. The number of phenolic OH excluding ortho intramolecular Hbond substituents is 2. The number of phenols is 2. The summed E-state index contributed by atoms with van der Waals surface area (Å²) in [6.45, 7) is 9.88. The third-order valence-corrected chi connectivity index (χ3v) is 3.34. The first-order valence-corrected chi connectivity index (χ1v) is 5.86. The summed E-state index contributed by atoms with van der Waals surface area (Å²) >= 11 is 0. The van der Waals surface area contributed by atoms with Gasteiger partial charge in [-0.1, -0.05) is 13.8 Å². The van der Waals surface area contributed by atoms with E-state index in [1.165, 1.54) is 0 Å². The van der Waals surface area contributed by atoms with Crippen molar-refractivity contribution in [2.24, 2.45) is 5.92 Å². The molecule has 0 radical (unpaired) electrons. The Labute approximate surface area is 97.9 Å². The second-order valence-electron chi connectivity index (χ2n) is 4.98. The van der Waals surface area contributed by atoms with Crippen molar-refractivity contribution < 1.29 is 10.2 Å². The largest absolute Gasteiger partial charge is 0.507 e. The molecule has 0 atom stereocenters. The maximum atomic E-state index is 10.1. The molecular formula is C14H22O2. The van der Waals surface area contributed by atoms with Gasteiger partial charge >= 0.3 is 0 Å². The molecule has 0 aliphatic rings. The number of rotatable bonds is 3. The summed E-state index contributed by atoms with van der Waals surface area (Å²) in [5.41, 5.74) is 3.29. The van der Waals surface area contributed by atoms with Crippen LogP contribution >= 0.6 is 0 Å². The Morgan fingerprint density at radius 3 is 1.88 bits per heavy atom. The molecular weight excluding hydrogens is 200 g/mol. The van der Waals surface area contributed by atoms with E-state index in [9.17, 15) is 10.2 Å². The van der Waals surface area contributed by atoms with Crippen LogP contribution in [0.4, 0.5) is 0 Å². The maximum Gasteiger partial charge on any atom is 0.122 e. The Morgan fingerprint density at radius 2 is 1.38 bits per heavy atom. The number of hydrogen-bond donors (Lipinski definition) is 2. The van der Waals surface area contributed by atoms with Crippen LogP contribution in [0, 0.1) is 26.7 Å². The Hall–Kier alpha value is -1.18. The van der Waals surface area contributed by atoms with Crippen molar-refractivity contribution in [1.82, 2.24) is 0 Å². The first-order valence-electron chi connectivity index (χ1n) is 5.86. The fraction of sp³-hybridized carbons (Fsp3) is 0.571. The molecule has 2 heteroatoms. The van der Waals surface area contributed by atoms with Gasteiger partial charge in [-0.05, 0) is 56.2 Å². The van der Waals surface area contributed by atoms with Gasteiger partial charge in [0, 0.05) is 5.56 Å². The highest BCUT2D eigenvalue weighted by Gasteiger charge is 2.16. The zero-order valence-corrected chi connectivity index (χ0v) is 10.9. The van der Waals surface area contributed by atoms with Crippen LogP contribution in [0.15, 0.2) is 0 Å². The third-order valence-electron chi connectivity index (χ3n) is 3.34. The summed E-state index contributed by atoms with van der Waals surface area (Å²) in [4.78, 5) is 0. The summed E-state index contributed by atoms with van der Waals surface area (Å²) in [6.07, 6.45) is 1.85. The fourth-order valence-corrected chi connectivity index (χ4v) is 1.92. The van der Waals surface area contributed by atoms with E-state index >= 15 is 0 Å².